The van der Waals surface area contributed by atoms with Gasteiger partial charge < -0.3 is 10.1 Å². The molecule has 20 heavy (non-hydrogen) atoms. The number of ether oxygens (including phenoxy) is 1. The fourth-order valence-electron chi connectivity index (χ4n) is 1.63. The number of benzene rings is 1. The number of carbonyl (C=O) groups excluding carboxylic acids is 2. The highest BCUT2D eigenvalue weighted by molar-refractivity contribution is 6.34. The summed E-state index contributed by atoms with van der Waals surface area (Å²) in [6.07, 6.45) is 1.54. The number of esters is 1. The summed E-state index contributed by atoms with van der Waals surface area (Å²) in [6.45, 7) is 1.75. The van der Waals surface area contributed by atoms with E-state index in [1.807, 2.05) is 0 Å². The highest BCUT2D eigenvalue weighted by Gasteiger charge is 2.14. The van der Waals surface area contributed by atoms with Crippen LogP contribution in [-0.2, 0) is 4.74 Å². The van der Waals surface area contributed by atoms with E-state index in [0.717, 1.165) is 0 Å². The summed E-state index contributed by atoms with van der Waals surface area (Å²) < 4.78 is 4.62. The van der Waals surface area contributed by atoms with Gasteiger partial charge in [-0.25, -0.2) is 4.79 Å². The standard InChI is InChI=1S/C13H12ClN3O3/c1-7-6-15-17-11(7)12(18)16-10-5-8(13(19)20-2)3-4-9(10)14/h3-6H,1-2H3,(H,15,17)(H,16,18). The number of halogens is 1. The molecular weight excluding hydrogens is 282 g/mol. The Balaban J connectivity index is 2.27. The third kappa shape index (κ3) is 2.80. The van der Waals surface area contributed by atoms with Crippen LogP contribution in [0.2, 0.25) is 5.02 Å². The van der Waals surface area contributed by atoms with Gasteiger partial charge in [-0.05, 0) is 30.7 Å². The smallest absolute Gasteiger partial charge is 0.337 e. The zero-order valence-electron chi connectivity index (χ0n) is 10.9. The Morgan fingerprint density at radius 3 is 2.75 bits per heavy atom. The van der Waals surface area contributed by atoms with Crippen LogP contribution in [0.5, 0.6) is 0 Å². The van der Waals surface area contributed by atoms with Crippen LogP contribution >= 0.6 is 11.6 Å². The Kier molecular flexibility index (Phi) is 4.05. The summed E-state index contributed by atoms with van der Waals surface area (Å²) in [6, 6.07) is 4.49. The Labute approximate surface area is 120 Å². The first-order valence-corrected chi connectivity index (χ1v) is 6.10. The van der Waals surface area contributed by atoms with Crippen molar-refractivity contribution in [3.63, 3.8) is 0 Å². The number of methoxy groups -OCH3 is 1. The van der Waals surface area contributed by atoms with Gasteiger partial charge in [0.2, 0.25) is 0 Å². The molecule has 1 amide bonds. The van der Waals surface area contributed by atoms with E-state index >= 15 is 0 Å². The summed E-state index contributed by atoms with van der Waals surface area (Å²) in [5.41, 5.74) is 1.68. The van der Waals surface area contributed by atoms with Crippen molar-refractivity contribution in [1.82, 2.24) is 10.2 Å². The van der Waals surface area contributed by atoms with Gasteiger partial charge in [0.05, 0.1) is 29.6 Å². The number of nitrogens with one attached hydrogen (secondary N) is 2. The van der Waals surface area contributed by atoms with Crippen LogP contribution in [0.15, 0.2) is 24.4 Å². The summed E-state index contributed by atoms with van der Waals surface area (Å²) >= 11 is 6.00. The van der Waals surface area contributed by atoms with E-state index in [1.54, 1.807) is 13.1 Å². The third-order valence-electron chi connectivity index (χ3n) is 2.69. The van der Waals surface area contributed by atoms with Crippen LogP contribution < -0.4 is 5.32 Å². The van der Waals surface area contributed by atoms with E-state index in [9.17, 15) is 9.59 Å². The molecule has 2 N–H and O–H groups in total. The van der Waals surface area contributed by atoms with Crippen LogP contribution in [0.4, 0.5) is 5.69 Å². The molecule has 0 fully saturated rings. The van der Waals surface area contributed by atoms with Gasteiger partial charge >= 0.3 is 5.97 Å². The van der Waals surface area contributed by atoms with E-state index in [4.69, 9.17) is 11.6 Å². The molecule has 0 saturated carbocycles. The molecule has 1 heterocycles. The van der Waals surface area contributed by atoms with Crippen molar-refractivity contribution >= 4 is 29.2 Å². The van der Waals surface area contributed by atoms with Crippen molar-refractivity contribution in [3.8, 4) is 0 Å². The average Bonchev–Trinajstić information content (AvgIpc) is 2.86. The minimum Gasteiger partial charge on any atom is -0.465 e. The molecule has 104 valence electrons. The van der Waals surface area contributed by atoms with Crippen molar-refractivity contribution in [3.05, 3.63) is 46.2 Å². The fourth-order valence-corrected chi connectivity index (χ4v) is 1.79. The number of aromatic amines is 1. The van der Waals surface area contributed by atoms with Crippen LogP contribution in [0.25, 0.3) is 0 Å². The molecule has 0 radical (unpaired) electrons. The van der Waals surface area contributed by atoms with Gasteiger partial charge in [-0.1, -0.05) is 11.6 Å². The number of hydrogen-bond donors (Lipinski definition) is 2. The number of nitrogens with zero attached hydrogens (tertiary/aromatic N) is 1. The van der Waals surface area contributed by atoms with Crippen molar-refractivity contribution in [2.24, 2.45) is 0 Å². The van der Waals surface area contributed by atoms with Gasteiger partial charge in [-0.15, -0.1) is 0 Å². The topological polar surface area (TPSA) is 84.1 Å². The number of H-pyrrole nitrogens is 1. The van der Waals surface area contributed by atoms with Gasteiger partial charge in [-0.2, -0.15) is 5.10 Å². The van der Waals surface area contributed by atoms with Crippen LogP contribution in [0.1, 0.15) is 26.4 Å². The number of anilines is 1. The number of carbonyl (C=O) groups is 2. The predicted molar refractivity (Wildman–Crippen MR) is 74.1 cm³/mol. The number of amides is 1. The molecular formula is C13H12ClN3O3. The van der Waals surface area contributed by atoms with E-state index < -0.39 is 5.97 Å². The van der Waals surface area contributed by atoms with Gasteiger partial charge in [0.25, 0.3) is 5.91 Å². The van der Waals surface area contributed by atoms with Gasteiger partial charge in [0, 0.05) is 0 Å². The summed E-state index contributed by atoms with van der Waals surface area (Å²) in [5.74, 6) is -0.890. The van der Waals surface area contributed by atoms with Crippen LogP contribution in [-0.4, -0.2) is 29.2 Å². The maximum Gasteiger partial charge on any atom is 0.337 e. The van der Waals surface area contributed by atoms with Crippen LogP contribution in [0.3, 0.4) is 0 Å². The molecule has 0 unspecified atom stereocenters. The molecule has 0 aliphatic carbocycles. The SMILES string of the molecule is COC(=O)c1ccc(Cl)c(NC(=O)c2[nH]ncc2C)c1. The second-order valence-electron chi connectivity index (χ2n) is 4.07. The molecule has 0 aliphatic heterocycles. The zero-order valence-corrected chi connectivity index (χ0v) is 11.6. The monoisotopic (exact) mass is 293 g/mol. The maximum atomic E-state index is 12.0. The lowest BCUT2D eigenvalue weighted by Crippen LogP contribution is -2.14. The number of aryl methyl sites for hydroxylation is 1. The molecule has 0 saturated heterocycles. The van der Waals surface area contributed by atoms with Crippen LogP contribution in [0, 0.1) is 6.92 Å². The third-order valence-corrected chi connectivity index (χ3v) is 3.02. The quantitative estimate of drug-likeness (QED) is 0.851. The molecule has 0 bridgehead atoms. The first-order chi connectivity index (χ1) is 9.52. The molecule has 0 aliphatic rings. The zero-order chi connectivity index (χ0) is 14.7. The first kappa shape index (κ1) is 14.1. The van der Waals surface area contributed by atoms with E-state index in [1.165, 1.54) is 25.3 Å². The Morgan fingerprint density at radius 2 is 2.15 bits per heavy atom. The fraction of sp³-hybridized carbons (Fsp3) is 0.154. The highest BCUT2D eigenvalue weighted by Crippen LogP contribution is 2.24. The van der Waals surface area contributed by atoms with Crippen molar-refractivity contribution in [1.29, 1.82) is 0 Å². The van der Waals surface area contributed by atoms with E-state index in [2.05, 4.69) is 20.3 Å². The average molecular weight is 294 g/mol. The first-order valence-electron chi connectivity index (χ1n) is 5.72. The van der Waals surface area contributed by atoms with E-state index in [0.29, 0.717) is 27.5 Å². The summed E-state index contributed by atoms with van der Waals surface area (Å²) in [4.78, 5) is 23.5. The molecule has 2 rings (SSSR count). The normalized spacial score (nSPS) is 10.2. The van der Waals surface area contributed by atoms with E-state index in [-0.39, 0.29) is 5.91 Å². The molecule has 7 heteroatoms. The minimum atomic E-state index is -0.505. The lowest BCUT2D eigenvalue weighted by molar-refractivity contribution is 0.0600. The maximum absolute atomic E-state index is 12.0. The molecule has 6 nitrogen and oxygen atoms in total. The highest BCUT2D eigenvalue weighted by atomic mass is 35.5. The lowest BCUT2D eigenvalue weighted by atomic mass is 10.2. The Hall–Kier alpha value is -2.34. The Morgan fingerprint density at radius 1 is 1.40 bits per heavy atom. The van der Waals surface area contributed by atoms with Crippen molar-refractivity contribution in [2.45, 2.75) is 6.92 Å². The molecule has 1 aromatic carbocycles. The largest absolute Gasteiger partial charge is 0.465 e. The number of aromatic nitrogens is 2. The van der Waals surface area contributed by atoms with Gasteiger partial charge in [0.1, 0.15) is 5.69 Å². The Bertz CT molecular complexity index is 667. The van der Waals surface area contributed by atoms with Crippen molar-refractivity contribution < 1.29 is 14.3 Å². The second-order valence-corrected chi connectivity index (χ2v) is 4.48. The number of rotatable bonds is 3. The second kappa shape index (κ2) is 5.75. The molecule has 0 spiro atoms. The molecule has 0 atom stereocenters. The minimum absolute atomic E-state index is 0.300. The summed E-state index contributed by atoms with van der Waals surface area (Å²) in [5, 5.41) is 9.31. The number of hydrogen-bond acceptors (Lipinski definition) is 4. The molecule has 2 aromatic rings. The summed E-state index contributed by atoms with van der Waals surface area (Å²) in [7, 11) is 1.28. The van der Waals surface area contributed by atoms with Gasteiger partial charge in [0.15, 0.2) is 0 Å². The molecule has 1 aromatic heterocycles. The lowest BCUT2D eigenvalue weighted by Gasteiger charge is -2.08. The van der Waals surface area contributed by atoms with Crippen molar-refractivity contribution in [2.75, 3.05) is 12.4 Å². The van der Waals surface area contributed by atoms with Gasteiger partial charge in [-0.3, -0.25) is 9.89 Å². The predicted octanol–water partition coefficient (Wildman–Crippen LogP) is 2.41.